The second-order valence-corrected chi connectivity index (χ2v) is 5.89. The fourth-order valence-electron chi connectivity index (χ4n) is 2.20. The van der Waals surface area contributed by atoms with Gasteiger partial charge in [-0.25, -0.2) is 4.79 Å². The molecule has 6 nitrogen and oxygen atoms in total. The number of nitrogens with one attached hydrogen (secondary N) is 2. The van der Waals surface area contributed by atoms with Crippen LogP contribution in [0.5, 0.6) is 0 Å². The molecule has 2 rings (SSSR count). The maximum absolute atomic E-state index is 12.4. The van der Waals surface area contributed by atoms with E-state index in [2.05, 4.69) is 15.4 Å². The molecule has 2 N–H and O–H groups in total. The van der Waals surface area contributed by atoms with Crippen molar-refractivity contribution < 1.29 is 19.1 Å². The van der Waals surface area contributed by atoms with Gasteiger partial charge >= 0.3 is 5.97 Å². The third-order valence-corrected chi connectivity index (χ3v) is 4.17. The highest BCUT2D eigenvalue weighted by atomic mass is 16.5. The lowest BCUT2D eigenvalue weighted by Gasteiger charge is -2.18. The first kappa shape index (κ1) is 17.0. The van der Waals surface area contributed by atoms with E-state index in [1.807, 2.05) is 13.8 Å². The molecule has 1 unspecified atom stereocenters. The Labute approximate surface area is 135 Å². The maximum atomic E-state index is 12.4. The number of carbonyl (C=O) groups is 3. The maximum Gasteiger partial charge on any atom is 0.337 e. The molecule has 0 bridgehead atoms. The van der Waals surface area contributed by atoms with E-state index in [1.165, 1.54) is 7.11 Å². The zero-order valence-electron chi connectivity index (χ0n) is 13.6. The molecule has 1 aliphatic carbocycles. The molecule has 0 spiro atoms. The van der Waals surface area contributed by atoms with Crippen LogP contribution < -0.4 is 10.6 Å². The van der Waals surface area contributed by atoms with E-state index in [4.69, 9.17) is 0 Å². The quantitative estimate of drug-likeness (QED) is 0.621. The number of ether oxygens (including phenoxy) is 1. The average Bonchev–Trinajstić information content (AvgIpc) is 3.36. The second kappa shape index (κ2) is 6.81. The Morgan fingerprint density at radius 3 is 2.26 bits per heavy atom. The van der Waals surface area contributed by atoms with Crippen LogP contribution in [-0.4, -0.2) is 30.9 Å². The highest BCUT2D eigenvalue weighted by Gasteiger charge is 2.56. The molecular weight excluding hydrogens is 296 g/mol. The first-order chi connectivity index (χ1) is 10.9. The van der Waals surface area contributed by atoms with Gasteiger partial charge in [0.1, 0.15) is 5.41 Å². The summed E-state index contributed by atoms with van der Waals surface area (Å²) in [5.74, 6) is -0.950. The molecule has 1 aliphatic rings. The lowest BCUT2D eigenvalue weighted by atomic mass is 10.0. The molecule has 6 heteroatoms. The number of hydrogen-bond acceptors (Lipinski definition) is 4. The summed E-state index contributed by atoms with van der Waals surface area (Å²) in [4.78, 5) is 36.1. The summed E-state index contributed by atoms with van der Waals surface area (Å²) < 4.78 is 4.62. The zero-order valence-corrected chi connectivity index (χ0v) is 13.6. The largest absolute Gasteiger partial charge is 0.465 e. The standard InChI is InChI=1S/C17H22N2O4/c1-4-11(2)18-15(21)17(9-10-17)16(22)19-13-7-5-12(6-8-13)14(20)23-3/h5-8,11H,4,9-10H2,1-3H3,(H,18,21)(H,19,22). The number of benzene rings is 1. The minimum atomic E-state index is -0.954. The van der Waals surface area contributed by atoms with Crippen LogP contribution in [0.3, 0.4) is 0 Å². The highest BCUT2D eigenvalue weighted by molar-refractivity contribution is 6.13. The lowest BCUT2D eigenvalue weighted by molar-refractivity contribution is -0.134. The first-order valence-electron chi connectivity index (χ1n) is 7.73. The third kappa shape index (κ3) is 3.70. The van der Waals surface area contributed by atoms with Crippen LogP contribution in [0.15, 0.2) is 24.3 Å². The summed E-state index contributed by atoms with van der Waals surface area (Å²) in [6.45, 7) is 3.89. The Balaban J connectivity index is 2.01. The molecule has 2 amide bonds. The number of carbonyl (C=O) groups excluding carboxylic acids is 3. The Hall–Kier alpha value is -2.37. The molecule has 23 heavy (non-hydrogen) atoms. The van der Waals surface area contributed by atoms with Crippen LogP contribution in [0.1, 0.15) is 43.5 Å². The summed E-state index contributed by atoms with van der Waals surface area (Å²) in [7, 11) is 1.31. The predicted molar refractivity (Wildman–Crippen MR) is 86.0 cm³/mol. The fourth-order valence-corrected chi connectivity index (χ4v) is 2.20. The van der Waals surface area contributed by atoms with Crippen LogP contribution in [0, 0.1) is 5.41 Å². The van der Waals surface area contributed by atoms with Crippen molar-refractivity contribution in [1.29, 1.82) is 0 Å². The Morgan fingerprint density at radius 2 is 1.78 bits per heavy atom. The third-order valence-electron chi connectivity index (χ3n) is 4.17. The van der Waals surface area contributed by atoms with E-state index in [1.54, 1.807) is 24.3 Å². The summed E-state index contributed by atoms with van der Waals surface area (Å²) in [5, 5.41) is 5.62. The van der Waals surface area contributed by atoms with E-state index in [0.717, 1.165) is 6.42 Å². The van der Waals surface area contributed by atoms with Crippen LogP contribution in [0.4, 0.5) is 5.69 Å². The molecule has 0 aromatic heterocycles. The first-order valence-corrected chi connectivity index (χ1v) is 7.73. The van der Waals surface area contributed by atoms with Gasteiger partial charge in [0.2, 0.25) is 11.8 Å². The van der Waals surface area contributed by atoms with Crippen LogP contribution in [0.25, 0.3) is 0 Å². The van der Waals surface area contributed by atoms with E-state index < -0.39 is 11.4 Å². The van der Waals surface area contributed by atoms with Gasteiger partial charge in [0.15, 0.2) is 0 Å². The van der Waals surface area contributed by atoms with Crippen molar-refractivity contribution in [3.63, 3.8) is 0 Å². The zero-order chi connectivity index (χ0) is 17.0. The van der Waals surface area contributed by atoms with Gasteiger partial charge in [-0.2, -0.15) is 0 Å². The molecule has 1 atom stereocenters. The van der Waals surface area contributed by atoms with Crippen molar-refractivity contribution in [1.82, 2.24) is 5.32 Å². The number of esters is 1. The number of hydrogen-bond donors (Lipinski definition) is 2. The van der Waals surface area contributed by atoms with Crippen molar-refractivity contribution in [3.05, 3.63) is 29.8 Å². The van der Waals surface area contributed by atoms with E-state index >= 15 is 0 Å². The molecule has 1 aromatic rings. The van der Waals surface area contributed by atoms with Crippen LogP contribution in [0.2, 0.25) is 0 Å². The van der Waals surface area contributed by atoms with Crippen molar-refractivity contribution in [2.75, 3.05) is 12.4 Å². The molecule has 0 radical (unpaired) electrons. The summed E-state index contributed by atoms with van der Waals surface area (Å²) in [6.07, 6.45) is 1.93. The second-order valence-electron chi connectivity index (χ2n) is 5.89. The van der Waals surface area contributed by atoms with Gasteiger partial charge < -0.3 is 15.4 Å². The summed E-state index contributed by atoms with van der Waals surface area (Å²) >= 11 is 0. The molecule has 1 aromatic carbocycles. The molecule has 124 valence electrons. The van der Waals surface area contributed by atoms with Gasteiger partial charge in [-0.3, -0.25) is 9.59 Å². The Morgan fingerprint density at radius 1 is 1.17 bits per heavy atom. The topological polar surface area (TPSA) is 84.5 Å². The fraction of sp³-hybridized carbons (Fsp3) is 0.471. The minimum absolute atomic E-state index is 0.0483. The van der Waals surface area contributed by atoms with E-state index in [9.17, 15) is 14.4 Å². The van der Waals surface area contributed by atoms with Crippen LogP contribution >= 0.6 is 0 Å². The number of rotatable bonds is 6. The molecular formula is C17H22N2O4. The average molecular weight is 318 g/mol. The van der Waals surface area contributed by atoms with Gasteiger partial charge in [0.05, 0.1) is 12.7 Å². The number of methoxy groups -OCH3 is 1. The molecule has 0 aliphatic heterocycles. The van der Waals surface area contributed by atoms with Crippen molar-refractivity contribution >= 4 is 23.5 Å². The normalized spacial score (nSPS) is 16.1. The Bertz CT molecular complexity index is 606. The van der Waals surface area contributed by atoms with Crippen molar-refractivity contribution in [2.45, 2.75) is 39.2 Å². The summed E-state index contributed by atoms with van der Waals surface area (Å²) in [5.41, 5.74) is -0.00353. The molecule has 1 saturated carbocycles. The van der Waals surface area contributed by atoms with Gasteiger partial charge in [-0.15, -0.1) is 0 Å². The smallest absolute Gasteiger partial charge is 0.337 e. The van der Waals surface area contributed by atoms with Gasteiger partial charge in [-0.1, -0.05) is 6.92 Å². The number of amides is 2. The SMILES string of the molecule is CCC(C)NC(=O)C1(C(=O)Nc2ccc(C(=O)OC)cc2)CC1. The summed E-state index contributed by atoms with van der Waals surface area (Å²) in [6, 6.07) is 6.42. The van der Waals surface area contributed by atoms with E-state index in [-0.39, 0.29) is 17.9 Å². The van der Waals surface area contributed by atoms with Gasteiger partial charge in [0, 0.05) is 11.7 Å². The van der Waals surface area contributed by atoms with Gasteiger partial charge in [-0.05, 0) is 50.5 Å². The monoisotopic (exact) mass is 318 g/mol. The predicted octanol–water partition coefficient (Wildman–Crippen LogP) is 2.11. The van der Waals surface area contributed by atoms with Gasteiger partial charge in [0.25, 0.3) is 0 Å². The number of anilines is 1. The molecule has 1 fully saturated rings. The van der Waals surface area contributed by atoms with Crippen molar-refractivity contribution in [3.8, 4) is 0 Å². The Kier molecular flexibility index (Phi) is 5.03. The lowest BCUT2D eigenvalue weighted by Crippen LogP contribution is -2.43. The highest BCUT2D eigenvalue weighted by Crippen LogP contribution is 2.47. The van der Waals surface area contributed by atoms with E-state index in [0.29, 0.717) is 24.1 Å². The molecule has 0 heterocycles. The molecule has 0 saturated heterocycles. The van der Waals surface area contributed by atoms with Crippen molar-refractivity contribution in [2.24, 2.45) is 5.41 Å². The minimum Gasteiger partial charge on any atom is -0.465 e. The van der Waals surface area contributed by atoms with Crippen LogP contribution in [-0.2, 0) is 14.3 Å².